The maximum atomic E-state index is 10.0. The first-order chi connectivity index (χ1) is 8.37. The summed E-state index contributed by atoms with van der Waals surface area (Å²) in [6.07, 6.45) is 1.02. The lowest BCUT2D eigenvalue weighted by Gasteiger charge is -2.18. The monoisotopic (exact) mass is 260 g/mol. The Balaban J connectivity index is 2.42. The lowest BCUT2D eigenvalue weighted by molar-refractivity contribution is 0.410. The fourth-order valence-electron chi connectivity index (χ4n) is 2.14. The highest BCUT2D eigenvalue weighted by atomic mass is 32.1. The molecule has 1 N–H and O–H groups in total. The highest BCUT2D eigenvalue weighted by Crippen LogP contribution is 2.36. The Morgan fingerprint density at radius 1 is 1.17 bits per heavy atom. The van der Waals surface area contributed by atoms with Crippen LogP contribution in [0.1, 0.15) is 31.9 Å². The Hall–Kier alpha value is -1.28. The standard InChI is InChI=1S/C16H20OS/c1-11-7-8-18-15(11)13-9-12(5-6-14(13)17)10-16(2,3)4/h5-9,17H,10H2,1-4H3. The number of hydrogen-bond donors (Lipinski definition) is 1. The first kappa shape index (κ1) is 13.2. The van der Waals surface area contributed by atoms with Gasteiger partial charge in [-0.05, 0) is 53.5 Å². The van der Waals surface area contributed by atoms with Crippen molar-refractivity contribution < 1.29 is 5.11 Å². The quantitative estimate of drug-likeness (QED) is 0.804. The van der Waals surface area contributed by atoms with Gasteiger partial charge >= 0.3 is 0 Å². The molecule has 0 saturated carbocycles. The molecule has 0 bridgehead atoms. The van der Waals surface area contributed by atoms with E-state index in [-0.39, 0.29) is 5.41 Å². The normalized spacial score (nSPS) is 11.8. The minimum atomic E-state index is 0.263. The molecule has 18 heavy (non-hydrogen) atoms. The molecule has 1 heterocycles. The van der Waals surface area contributed by atoms with Gasteiger partial charge < -0.3 is 5.11 Å². The second-order valence-corrected chi connectivity index (χ2v) is 6.94. The number of aryl methyl sites for hydroxylation is 1. The van der Waals surface area contributed by atoms with Crippen molar-refractivity contribution in [1.29, 1.82) is 0 Å². The SMILES string of the molecule is Cc1ccsc1-c1cc(CC(C)(C)C)ccc1O. The minimum absolute atomic E-state index is 0.263. The van der Waals surface area contributed by atoms with Gasteiger partial charge in [0.25, 0.3) is 0 Å². The van der Waals surface area contributed by atoms with Gasteiger partial charge in [0.1, 0.15) is 5.75 Å². The molecule has 0 aliphatic carbocycles. The summed E-state index contributed by atoms with van der Waals surface area (Å²) < 4.78 is 0. The number of phenolic OH excluding ortho intramolecular Hbond substituents is 1. The molecule has 0 saturated heterocycles. The van der Waals surface area contributed by atoms with Gasteiger partial charge in [-0.25, -0.2) is 0 Å². The molecular formula is C16H20OS. The number of phenols is 1. The van der Waals surface area contributed by atoms with Crippen molar-refractivity contribution in [2.45, 2.75) is 34.1 Å². The molecule has 1 aromatic carbocycles. The number of benzene rings is 1. The number of hydrogen-bond acceptors (Lipinski definition) is 2. The van der Waals surface area contributed by atoms with Crippen LogP contribution in [0.3, 0.4) is 0 Å². The molecule has 0 radical (unpaired) electrons. The predicted octanol–water partition coefficient (Wildman–Crippen LogP) is 5.02. The van der Waals surface area contributed by atoms with E-state index in [9.17, 15) is 5.11 Å². The Labute approximate surface area is 113 Å². The Morgan fingerprint density at radius 3 is 2.44 bits per heavy atom. The molecule has 2 rings (SSSR count). The van der Waals surface area contributed by atoms with E-state index in [1.807, 2.05) is 12.1 Å². The van der Waals surface area contributed by atoms with E-state index in [0.29, 0.717) is 5.75 Å². The van der Waals surface area contributed by atoms with Gasteiger partial charge in [0.15, 0.2) is 0 Å². The Morgan fingerprint density at radius 2 is 1.89 bits per heavy atom. The lowest BCUT2D eigenvalue weighted by atomic mass is 9.87. The van der Waals surface area contributed by atoms with E-state index >= 15 is 0 Å². The van der Waals surface area contributed by atoms with Crippen LogP contribution in [0, 0.1) is 12.3 Å². The van der Waals surface area contributed by atoms with Gasteiger partial charge in [-0.3, -0.25) is 0 Å². The van der Waals surface area contributed by atoms with Crippen molar-refractivity contribution in [3.63, 3.8) is 0 Å². The average molecular weight is 260 g/mol. The third-order valence-corrected chi connectivity index (χ3v) is 3.95. The van der Waals surface area contributed by atoms with E-state index in [1.165, 1.54) is 16.0 Å². The second-order valence-electron chi connectivity index (χ2n) is 6.02. The summed E-state index contributed by atoms with van der Waals surface area (Å²) in [7, 11) is 0. The summed E-state index contributed by atoms with van der Waals surface area (Å²) in [6.45, 7) is 8.78. The van der Waals surface area contributed by atoms with E-state index in [4.69, 9.17) is 0 Å². The molecule has 0 fully saturated rings. The van der Waals surface area contributed by atoms with Crippen LogP contribution in [0.25, 0.3) is 10.4 Å². The van der Waals surface area contributed by atoms with Gasteiger partial charge in [0, 0.05) is 10.4 Å². The summed E-state index contributed by atoms with van der Waals surface area (Å²) in [5, 5.41) is 12.1. The van der Waals surface area contributed by atoms with Crippen molar-refractivity contribution in [2.24, 2.45) is 5.41 Å². The molecule has 96 valence electrons. The number of aromatic hydroxyl groups is 1. The van der Waals surface area contributed by atoms with E-state index in [0.717, 1.165) is 12.0 Å². The van der Waals surface area contributed by atoms with Gasteiger partial charge in [0.05, 0.1) is 0 Å². The van der Waals surface area contributed by atoms with Gasteiger partial charge in [0.2, 0.25) is 0 Å². The topological polar surface area (TPSA) is 20.2 Å². The number of rotatable bonds is 2. The highest BCUT2D eigenvalue weighted by Gasteiger charge is 2.14. The second kappa shape index (κ2) is 4.77. The van der Waals surface area contributed by atoms with Crippen LogP contribution in [0.5, 0.6) is 5.75 Å². The fraction of sp³-hybridized carbons (Fsp3) is 0.375. The third-order valence-electron chi connectivity index (χ3n) is 2.90. The lowest BCUT2D eigenvalue weighted by Crippen LogP contribution is -2.09. The molecule has 0 spiro atoms. The van der Waals surface area contributed by atoms with E-state index < -0.39 is 0 Å². The summed E-state index contributed by atoms with van der Waals surface area (Å²) in [5.74, 6) is 0.373. The van der Waals surface area contributed by atoms with Crippen molar-refractivity contribution in [3.05, 3.63) is 40.8 Å². The van der Waals surface area contributed by atoms with Crippen molar-refractivity contribution >= 4 is 11.3 Å². The molecule has 2 heteroatoms. The zero-order chi connectivity index (χ0) is 13.3. The largest absolute Gasteiger partial charge is 0.507 e. The molecular weight excluding hydrogens is 240 g/mol. The number of thiophene rings is 1. The minimum Gasteiger partial charge on any atom is -0.507 e. The van der Waals surface area contributed by atoms with E-state index in [1.54, 1.807) is 11.3 Å². The highest BCUT2D eigenvalue weighted by molar-refractivity contribution is 7.13. The summed E-state index contributed by atoms with van der Waals surface area (Å²) in [6, 6.07) is 8.05. The summed E-state index contributed by atoms with van der Waals surface area (Å²) in [4.78, 5) is 1.17. The first-order valence-corrected chi connectivity index (χ1v) is 7.11. The molecule has 0 amide bonds. The zero-order valence-electron chi connectivity index (χ0n) is 11.4. The van der Waals surface area contributed by atoms with Crippen LogP contribution in [0.2, 0.25) is 0 Å². The maximum Gasteiger partial charge on any atom is 0.124 e. The smallest absolute Gasteiger partial charge is 0.124 e. The molecule has 0 aliphatic rings. The molecule has 1 aromatic heterocycles. The van der Waals surface area contributed by atoms with Crippen LogP contribution in [-0.4, -0.2) is 5.11 Å². The van der Waals surface area contributed by atoms with Crippen LogP contribution < -0.4 is 0 Å². The van der Waals surface area contributed by atoms with Gasteiger partial charge in [-0.2, -0.15) is 0 Å². The van der Waals surface area contributed by atoms with E-state index in [2.05, 4.69) is 45.2 Å². The molecule has 0 aliphatic heterocycles. The van der Waals surface area contributed by atoms with Gasteiger partial charge in [-0.15, -0.1) is 11.3 Å². The van der Waals surface area contributed by atoms with Crippen LogP contribution in [0.15, 0.2) is 29.6 Å². The third kappa shape index (κ3) is 2.94. The maximum absolute atomic E-state index is 10.0. The first-order valence-electron chi connectivity index (χ1n) is 6.23. The Bertz CT molecular complexity index is 546. The molecule has 0 atom stereocenters. The van der Waals surface area contributed by atoms with Crippen LogP contribution in [0.4, 0.5) is 0 Å². The van der Waals surface area contributed by atoms with Crippen molar-refractivity contribution in [3.8, 4) is 16.2 Å². The van der Waals surface area contributed by atoms with Crippen LogP contribution >= 0.6 is 11.3 Å². The van der Waals surface area contributed by atoms with Crippen molar-refractivity contribution in [1.82, 2.24) is 0 Å². The summed E-state index contributed by atoms with van der Waals surface area (Å²) in [5.41, 5.74) is 3.73. The molecule has 1 nitrogen and oxygen atoms in total. The fourth-order valence-corrected chi connectivity index (χ4v) is 3.09. The Kier molecular flexibility index (Phi) is 3.49. The summed E-state index contributed by atoms with van der Waals surface area (Å²) >= 11 is 1.68. The average Bonchev–Trinajstić information content (AvgIpc) is 2.65. The molecule has 0 unspecified atom stereocenters. The molecule has 2 aromatic rings. The van der Waals surface area contributed by atoms with Crippen molar-refractivity contribution in [2.75, 3.05) is 0 Å². The zero-order valence-corrected chi connectivity index (χ0v) is 12.3. The van der Waals surface area contributed by atoms with Gasteiger partial charge in [-0.1, -0.05) is 26.8 Å². The predicted molar refractivity (Wildman–Crippen MR) is 79.3 cm³/mol. The van der Waals surface area contributed by atoms with Crippen LogP contribution in [-0.2, 0) is 6.42 Å².